The van der Waals surface area contributed by atoms with Crippen LogP contribution in [0.25, 0.3) is 103 Å². The Morgan fingerprint density at radius 3 is 1.53 bits per heavy atom. The number of fused-ring (bicyclic) bond motifs is 9. The molecule has 0 N–H and O–H groups in total. The summed E-state index contributed by atoms with van der Waals surface area (Å²) >= 11 is 0. The molecule has 0 aliphatic heterocycles. The Morgan fingerprint density at radius 2 is 0.891 bits per heavy atom. The summed E-state index contributed by atoms with van der Waals surface area (Å²) in [7, 11) is 0. The molecule has 3 heterocycles. The Balaban J connectivity index is 1.12. The number of para-hydroxylation sites is 5. The molecule has 0 atom stereocenters. The van der Waals surface area contributed by atoms with Gasteiger partial charge in [0.25, 0.3) is 0 Å². The van der Waals surface area contributed by atoms with E-state index in [1.165, 1.54) is 21.5 Å². The first kappa shape index (κ1) is 30.7. The maximum Gasteiger partial charge on any atom is 0.195 e. The van der Waals surface area contributed by atoms with Crippen LogP contribution in [0.4, 0.5) is 11.4 Å². The number of hydrogen-bond acceptors (Lipinski definition) is 0. The monoisotopic (exact) mass is 699 g/mol. The van der Waals surface area contributed by atoms with Gasteiger partial charge in [-0.2, -0.15) is 0 Å². The fraction of sp³-hybridized carbons (Fsp3) is 0. The molecule has 3 aromatic heterocycles. The Bertz CT molecular complexity index is 3400. The van der Waals surface area contributed by atoms with Crippen molar-refractivity contribution in [3.63, 3.8) is 0 Å². The zero-order valence-corrected chi connectivity index (χ0v) is 29.5. The van der Waals surface area contributed by atoms with Gasteiger partial charge >= 0.3 is 0 Å². The Hall–Kier alpha value is -7.86. The van der Waals surface area contributed by atoms with E-state index < -0.39 is 0 Å². The average molecular weight is 700 g/mol. The first-order valence-electron chi connectivity index (χ1n) is 18.3. The molecule has 0 saturated carbocycles. The predicted molar refractivity (Wildman–Crippen MR) is 227 cm³/mol. The van der Waals surface area contributed by atoms with Crippen molar-refractivity contribution in [3.05, 3.63) is 199 Å². The van der Waals surface area contributed by atoms with Crippen LogP contribution in [0.15, 0.2) is 176 Å². The summed E-state index contributed by atoms with van der Waals surface area (Å²) in [4.78, 5) is 7.68. The molecule has 0 bridgehead atoms. The minimum absolute atomic E-state index is 0.600. The predicted octanol–water partition coefficient (Wildman–Crippen LogP) is 13.7. The molecule has 0 radical (unpaired) electrons. The molecule has 0 fully saturated rings. The van der Waals surface area contributed by atoms with Gasteiger partial charge in [-0.05, 0) is 83.2 Å². The SMILES string of the molecule is [C-]#[N+]c1ccc2c(c1)c1ccccc1n2-c1ccc(-c2cc(-n3c4ccccc4c4cccc(-n5c6ccccc6c6ccccc65)c43)ccc2[N+]#[C-])cc1. The topological polar surface area (TPSA) is 23.5 Å². The molecule has 8 aromatic carbocycles. The van der Waals surface area contributed by atoms with Crippen molar-refractivity contribution in [2.45, 2.75) is 0 Å². The van der Waals surface area contributed by atoms with Crippen LogP contribution in [0.5, 0.6) is 0 Å². The largest absolute Gasteiger partial charge is 0.309 e. The minimum atomic E-state index is 0.600. The summed E-state index contributed by atoms with van der Waals surface area (Å²) in [6, 6.07) is 61.4. The number of hydrogen-bond donors (Lipinski definition) is 0. The van der Waals surface area contributed by atoms with E-state index in [9.17, 15) is 0 Å². The van der Waals surface area contributed by atoms with Crippen LogP contribution >= 0.6 is 0 Å². The molecule has 0 saturated heterocycles. The molecule has 0 aliphatic rings. The quantitative estimate of drug-likeness (QED) is 0.163. The maximum absolute atomic E-state index is 8.18. The van der Waals surface area contributed by atoms with Crippen LogP contribution in [0, 0.1) is 13.1 Å². The third-order valence-electron chi connectivity index (χ3n) is 11.1. The highest BCUT2D eigenvalue weighted by molar-refractivity contribution is 6.15. The van der Waals surface area contributed by atoms with Gasteiger partial charge in [-0.25, -0.2) is 9.69 Å². The zero-order chi connectivity index (χ0) is 36.6. The third kappa shape index (κ3) is 4.45. The highest BCUT2D eigenvalue weighted by Crippen LogP contribution is 2.42. The molecule has 5 nitrogen and oxygen atoms in total. The van der Waals surface area contributed by atoms with Crippen LogP contribution < -0.4 is 0 Å². The second kappa shape index (κ2) is 11.8. The second-order valence-electron chi connectivity index (χ2n) is 13.9. The summed E-state index contributed by atoms with van der Waals surface area (Å²) in [5, 5.41) is 6.96. The lowest BCUT2D eigenvalue weighted by Crippen LogP contribution is -2.01. The van der Waals surface area contributed by atoms with Crippen LogP contribution in [0.1, 0.15) is 0 Å². The molecule has 0 unspecified atom stereocenters. The van der Waals surface area contributed by atoms with E-state index in [0.717, 1.165) is 72.1 Å². The van der Waals surface area contributed by atoms with E-state index in [-0.39, 0.29) is 0 Å². The smallest absolute Gasteiger partial charge is 0.195 e. The number of benzene rings is 8. The molecule has 5 heteroatoms. The van der Waals surface area contributed by atoms with Gasteiger partial charge in [-0.1, -0.05) is 109 Å². The second-order valence-corrected chi connectivity index (χ2v) is 13.9. The Morgan fingerprint density at radius 1 is 0.364 bits per heavy atom. The third-order valence-corrected chi connectivity index (χ3v) is 11.1. The number of nitrogens with zero attached hydrogens (tertiary/aromatic N) is 5. The van der Waals surface area contributed by atoms with Crippen molar-refractivity contribution < 1.29 is 0 Å². The zero-order valence-electron chi connectivity index (χ0n) is 29.5. The van der Waals surface area contributed by atoms with E-state index in [1.807, 2.05) is 30.3 Å². The van der Waals surface area contributed by atoms with Crippen LogP contribution in [0.3, 0.4) is 0 Å². The van der Waals surface area contributed by atoms with Gasteiger partial charge in [-0.3, -0.25) is 0 Å². The van der Waals surface area contributed by atoms with Gasteiger partial charge in [0, 0.05) is 38.3 Å². The molecule has 11 aromatic rings. The van der Waals surface area contributed by atoms with Gasteiger partial charge in [0.05, 0.1) is 51.9 Å². The highest BCUT2D eigenvalue weighted by atomic mass is 15.1. The Kier molecular flexibility index (Phi) is 6.61. The van der Waals surface area contributed by atoms with Crippen LogP contribution in [0.2, 0.25) is 0 Å². The number of rotatable bonds is 4. The standard InChI is InChI=1S/C50H29N5/c1-51-33-24-29-48-42(30-33)39-15-6-7-17-44(39)53(48)34-25-22-32(23-26-34)41-31-35(27-28-43(41)52-2)54-45-18-8-5-14-38(45)40-16-11-21-49(50(40)54)55-46-19-9-3-12-36(46)37-13-4-10-20-47(37)55/h3-31H. The van der Waals surface area contributed by atoms with E-state index in [1.54, 1.807) is 0 Å². The lowest BCUT2D eigenvalue weighted by atomic mass is 10.0. The van der Waals surface area contributed by atoms with E-state index in [4.69, 9.17) is 13.1 Å². The molecule has 254 valence electrons. The molecule has 11 rings (SSSR count). The Labute approximate surface area is 316 Å². The first-order chi connectivity index (χ1) is 27.2. The molecule has 0 spiro atoms. The molecule has 0 amide bonds. The van der Waals surface area contributed by atoms with Crippen molar-refractivity contribution >= 4 is 76.8 Å². The molecular formula is C50H29N5. The van der Waals surface area contributed by atoms with Gasteiger partial charge < -0.3 is 13.7 Å². The number of aromatic nitrogens is 3. The van der Waals surface area contributed by atoms with Crippen molar-refractivity contribution in [2.75, 3.05) is 0 Å². The normalized spacial score (nSPS) is 11.6. The van der Waals surface area contributed by atoms with E-state index >= 15 is 0 Å². The highest BCUT2D eigenvalue weighted by Gasteiger charge is 2.21. The minimum Gasteiger partial charge on any atom is -0.309 e. The van der Waals surface area contributed by atoms with Gasteiger partial charge in [0.1, 0.15) is 0 Å². The van der Waals surface area contributed by atoms with Crippen molar-refractivity contribution in [1.82, 2.24) is 13.7 Å². The summed E-state index contributed by atoms with van der Waals surface area (Å²) in [6.45, 7) is 15.8. The van der Waals surface area contributed by atoms with E-state index in [0.29, 0.717) is 11.4 Å². The summed E-state index contributed by atoms with van der Waals surface area (Å²) in [5.41, 5.74) is 12.9. The molecule has 0 aliphatic carbocycles. The van der Waals surface area contributed by atoms with Gasteiger partial charge in [0.2, 0.25) is 0 Å². The molecular weight excluding hydrogens is 671 g/mol. The first-order valence-corrected chi connectivity index (χ1v) is 18.3. The summed E-state index contributed by atoms with van der Waals surface area (Å²) < 4.78 is 7.01. The summed E-state index contributed by atoms with van der Waals surface area (Å²) in [6.07, 6.45) is 0. The van der Waals surface area contributed by atoms with Crippen molar-refractivity contribution in [3.8, 4) is 28.2 Å². The van der Waals surface area contributed by atoms with Crippen LogP contribution in [-0.2, 0) is 0 Å². The van der Waals surface area contributed by atoms with Gasteiger partial charge in [-0.15, -0.1) is 0 Å². The fourth-order valence-electron chi connectivity index (χ4n) is 8.72. The maximum atomic E-state index is 8.18. The van der Waals surface area contributed by atoms with Crippen molar-refractivity contribution in [2.24, 2.45) is 0 Å². The lowest BCUT2D eigenvalue weighted by Gasteiger charge is -2.16. The van der Waals surface area contributed by atoms with Crippen molar-refractivity contribution in [1.29, 1.82) is 0 Å². The van der Waals surface area contributed by atoms with Crippen LogP contribution in [-0.4, -0.2) is 13.7 Å². The average Bonchev–Trinajstić information content (AvgIpc) is 3.89. The van der Waals surface area contributed by atoms with Gasteiger partial charge in [0.15, 0.2) is 11.4 Å². The fourth-order valence-corrected chi connectivity index (χ4v) is 8.72. The lowest BCUT2D eigenvalue weighted by molar-refractivity contribution is 1.13. The van der Waals surface area contributed by atoms with E-state index in [2.05, 4.69) is 169 Å². The summed E-state index contributed by atoms with van der Waals surface area (Å²) in [5.74, 6) is 0. The molecule has 55 heavy (non-hydrogen) atoms.